The van der Waals surface area contributed by atoms with Crippen molar-refractivity contribution >= 4 is 18.1 Å². The highest BCUT2D eigenvalue weighted by atomic mass is 35.5. The van der Waals surface area contributed by atoms with E-state index in [4.69, 9.17) is 0 Å². The topological polar surface area (TPSA) is 47.7 Å². The number of aryl methyl sites for hydroxylation is 3. The minimum Gasteiger partial charge on any atom is -0.377 e. The number of hydrogen-bond donors (Lipinski definition) is 1. The van der Waals surface area contributed by atoms with Gasteiger partial charge in [-0.2, -0.15) is 10.2 Å². The minimum absolute atomic E-state index is 0. The maximum atomic E-state index is 4.38. The first-order valence-electron chi connectivity index (χ1n) is 5.45. The van der Waals surface area contributed by atoms with Crippen molar-refractivity contribution in [2.45, 2.75) is 26.9 Å². The van der Waals surface area contributed by atoms with Crippen LogP contribution in [0.1, 0.15) is 18.3 Å². The molecule has 0 aliphatic rings. The highest BCUT2D eigenvalue weighted by molar-refractivity contribution is 5.85. The maximum absolute atomic E-state index is 4.38. The van der Waals surface area contributed by atoms with E-state index in [0.717, 1.165) is 30.2 Å². The predicted molar refractivity (Wildman–Crippen MR) is 70.4 cm³/mol. The van der Waals surface area contributed by atoms with Crippen molar-refractivity contribution in [3.05, 3.63) is 29.8 Å². The molecule has 17 heavy (non-hydrogen) atoms. The van der Waals surface area contributed by atoms with Crippen molar-refractivity contribution in [1.29, 1.82) is 0 Å². The van der Waals surface area contributed by atoms with Crippen LogP contribution in [0.15, 0.2) is 18.5 Å². The second-order valence-corrected chi connectivity index (χ2v) is 3.78. The Morgan fingerprint density at radius 3 is 2.71 bits per heavy atom. The summed E-state index contributed by atoms with van der Waals surface area (Å²) in [4.78, 5) is 0. The second-order valence-electron chi connectivity index (χ2n) is 3.78. The molecule has 2 rings (SSSR count). The SMILES string of the molecule is CCn1cc(NCc2ccnn2C)c(C)n1.Cl. The zero-order valence-electron chi connectivity index (χ0n) is 10.3. The van der Waals surface area contributed by atoms with E-state index in [2.05, 4.69) is 22.4 Å². The van der Waals surface area contributed by atoms with Gasteiger partial charge in [-0.05, 0) is 19.9 Å². The normalized spacial score (nSPS) is 10.1. The van der Waals surface area contributed by atoms with E-state index < -0.39 is 0 Å². The average molecular weight is 256 g/mol. The van der Waals surface area contributed by atoms with Crippen molar-refractivity contribution in [3.63, 3.8) is 0 Å². The molecule has 0 unspecified atom stereocenters. The molecule has 2 heterocycles. The van der Waals surface area contributed by atoms with Gasteiger partial charge in [0.25, 0.3) is 0 Å². The molecule has 0 amide bonds. The molecular weight excluding hydrogens is 238 g/mol. The van der Waals surface area contributed by atoms with Gasteiger partial charge in [0.15, 0.2) is 0 Å². The molecule has 0 saturated heterocycles. The molecule has 1 N–H and O–H groups in total. The monoisotopic (exact) mass is 255 g/mol. The first-order chi connectivity index (χ1) is 7.70. The number of nitrogens with one attached hydrogen (secondary N) is 1. The summed E-state index contributed by atoms with van der Waals surface area (Å²) < 4.78 is 3.80. The number of hydrogen-bond acceptors (Lipinski definition) is 3. The Kier molecular flexibility index (Phi) is 4.57. The van der Waals surface area contributed by atoms with E-state index in [0.29, 0.717) is 0 Å². The van der Waals surface area contributed by atoms with Gasteiger partial charge in [0, 0.05) is 26.0 Å². The molecule has 94 valence electrons. The third kappa shape index (κ3) is 3.00. The van der Waals surface area contributed by atoms with Crippen LogP contribution >= 0.6 is 12.4 Å². The van der Waals surface area contributed by atoms with Gasteiger partial charge >= 0.3 is 0 Å². The van der Waals surface area contributed by atoms with Gasteiger partial charge in [-0.15, -0.1) is 12.4 Å². The number of nitrogens with zero attached hydrogens (tertiary/aromatic N) is 4. The Morgan fingerprint density at radius 1 is 1.41 bits per heavy atom. The Hall–Kier alpha value is -1.49. The highest BCUT2D eigenvalue weighted by Gasteiger charge is 2.04. The quantitative estimate of drug-likeness (QED) is 0.909. The summed E-state index contributed by atoms with van der Waals surface area (Å²) in [6.07, 6.45) is 3.84. The smallest absolute Gasteiger partial charge is 0.0825 e. The van der Waals surface area contributed by atoms with Crippen LogP contribution in [0.3, 0.4) is 0 Å². The lowest BCUT2D eigenvalue weighted by Crippen LogP contribution is -2.05. The molecule has 0 radical (unpaired) electrons. The van der Waals surface area contributed by atoms with Crippen LogP contribution in [0, 0.1) is 6.92 Å². The lowest BCUT2D eigenvalue weighted by molar-refractivity contribution is 0.653. The molecule has 0 aliphatic heterocycles. The van der Waals surface area contributed by atoms with Gasteiger partial charge in [-0.25, -0.2) is 0 Å². The van der Waals surface area contributed by atoms with Gasteiger partial charge in [-0.1, -0.05) is 0 Å². The van der Waals surface area contributed by atoms with Crippen LogP contribution in [0.5, 0.6) is 0 Å². The molecule has 0 fully saturated rings. The molecule has 5 nitrogen and oxygen atoms in total. The molecule has 2 aromatic heterocycles. The fourth-order valence-corrected chi connectivity index (χ4v) is 1.61. The summed E-state index contributed by atoms with van der Waals surface area (Å²) in [5, 5.41) is 11.9. The van der Waals surface area contributed by atoms with Crippen LogP contribution < -0.4 is 5.32 Å². The van der Waals surface area contributed by atoms with Crippen molar-refractivity contribution in [1.82, 2.24) is 19.6 Å². The largest absolute Gasteiger partial charge is 0.377 e. The third-order valence-corrected chi connectivity index (χ3v) is 2.65. The Bertz CT molecular complexity index is 474. The van der Waals surface area contributed by atoms with Gasteiger partial charge in [0.2, 0.25) is 0 Å². The summed E-state index contributed by atoms with van der Waals surface area (Å²) in [6, 6.07) is 2.01. The third-order valence-electron chi connectivity index (χ3n) is 2.65. The van der Waals surface area contributed by atoms with Gasteiger partial charge in [0.1, 0.15) is 0 Å². The molecular formula is C11H18ClN5. The molecule has 2 aromatic rings. The van der Waals surface area contributed by atoms with Gasteiger partial charge < -0.3 is 5.32 Å². The average Bonchev–Trinajstić information content (AvgIpc) is 2.82. The van der Waals surface area contributed by atoms with Crippen LogP contribution in [0.4, 0.5) is 5.69 Å². The summed E-state index contributed by atoms with van der Waals surface area (Å²) >= 11 is 0. The van der Waals surface area contributed by atoms with Crippen LogP contribution in [-0.2, 0) is 20.1 Å². The zero-order chi connectivity index (χ0) is 11.5. The van der Waals surface area contributed by atoms with Crippen molar-refractivity contribution < 1.29 is 0 Å². The van der Waals surface area contributed by atoms with E-state index in [1.165, 1.54) is 0 Å². The predicted octanol–water partition coefficient (Wildman–Crippen LogP) is 1.98. The summed E-state index contributed by atoms with van der Waals surface area (Å²) in [7, 11) is 1.94. The fraction of sp³-hybridized carbons (Fsp3) is 0.455. The van der Waals surface area contributed by atoms with Crippen LogP contribution in [-0.4, -0.2) is 19.6 Å². The van der Waals surface area contributed by atoms with E-state index in [1.54, 1.807) is 6.20 Å². The van der Waals surface area contributed by atoms with E-state index in [-0.39, 0.29) is 12.4 Å². The number of rotatable bonds is 4. The van der Waals surface area contributed by atoms with E-state index in [9.17, 15) is 0 Å². The molecule has 0 atom stereocenters. The Labute approximate surface area is 107 Å². The van der Waals surface area contributed by atoms with Crippen LogP contribution in [0.25, 0.3) is 0 Å². The van der Waals surface area contributed by atoms with E-state index in [1.807, 2.05) is 35.6 Å². The standard InChI is InChI=1S/C11H17N5.ClH/c1-4-16-8-11(9(2)14-16)12-7-10-5-6-13-15(10)3;/h5-6,8,12H,4,7H2,1-3H3;1H. The number of anilines is 1. The van der Waals surface area contributed by atoms with Crippen molar-refractivity contribution in [2.75, 3.05) is 5.32 Å². The van der Waals surface area contributed by atoms with E-state index >= 15 is 0 Å². The molecule has 0 aromatic carbocycles. The van der Waals surface area contributed by atoms with Crippen molar-refractivity contribution in [2.24, 2.45) is 7.05 Å². The lowest BCUT2D eigenvalue weighted by Gasteiger charge is -2.04. The molecule has 0 aliphatic carbocycles. The molecule has 6 heteroatoms. The zero-order valence-corrected chi connectivity index (χ0v) is 11.2. The molecule has 0 bridgehead atoms. The Balaban J connectivity index is 0.00000144. The minimum atomic E-state index is 0. The number of halogens is 1. The Morgan fingerprint density at radius 2 is 2.18 bits per heavy atom. The molecule has 0 spiro atoms. The second kappa shape index (κ2) is 5.72. The van der Waals surface area contributed by atoms with Gasteiger partial charge in [0.05, 0.1) is 23.6 Å². The van der Waals surface area contributed by atoms with Crippen LogP contribution in [0.2, 0.25) is 0 Å². The first-order valence-corrected chi connectivity index (χ1v) is 5.45. The lowest BCUT2D eigenvalue weighted by atomic mass is 10.3. The highest BCUT2D eigenvalue weighted by Crippen LogP contribution is 2.13. The number of aromatic nitrogens is 4. The first kappa shape index (κ1) is 13.6. The molecule has 0 saturated carbocycles. The summed E-state index contributed by atoms with van der Waals surface area (Å²) in [5.74, 6) is 0. The maximum Gasteiger partial charge on any atom is 0.0825 e. The summed E-state index contributed by atoms with van der Waals surface area (Å²) in [6.45, 7) is 5.76. The fourth-order valence-electron chi connectivity index (χ4n) is 1.61. The summed E-state index contributed by atoms with van der Waals surface area (Å²) in [5.41, 5.74) is 3.27. The van der Waals surface area contributed by atoms with Gasteiger partial charge in [-0.3, -0.25) is 9.36 Å². The van der Waals surface area contributed by atoms with Crippen molar-refractivity contribution in [3.8, 4) is 0 Å².